The Balaban J connectivity index is 1.14. The van der Waals surface area contributed by atoms with Gasteiger partial charge in [-0.1, -0.05) is 133 Å². The van der Waals surface area contributed by atoms with Gasteiger partial charge in [0.25, 0.3) is 0 Å². The number of pyridine rings is 2. The second kappa shape index (κ2) is 11.0. The maximum atomic E-state index is 5.01. The molecule has 0 saturated heterocycles. The van der Waals surface area contributed by atoms with Gasteiger partial charge in [0.05, 0.1) is 11.0 Å². The second-order valence-corrected chi connectivity index (χ2v) is 16.0. The molecule has 0 radical (unpaired) electrons. The van der Waals surface area contributed by atoms with Crippen LogP contribution in [0.4, 0.5) is 0 Å². The van der Waals surface area contributed by atoms with Crippen LogP contribution < -0.4 is 0 Å². The van der Waals surface area contributed by atoms with Crippen molar-refractivity contribution in [1.29, 1.82) is 0 Å². The van der Waals surface area contributed by atoms with Gasteiger partial charge in [-0.3, -0.25) is 9.97 Å². The average Bonchev–Trinajstić information content (AvgIpc) is 3.78. The van der Waals surface area contributed by atoms with Gasteiger partial charge in [0.2, 0.25) is 0 Å². The molecule has 0 fully saturated rings. The molecule has 10 aromatic carbocycles. The minimum Gasteiger partial charge on any atom is -0.256 e. The lowest BCUT2D eigenvalue weighted by atomic mass is 9.83. The zero-order chi connectivity index (χ0) is 37.6. The molecule has 0 unspecified atom stereocenters. The Morgan fingerprint density at radius 1 is 0.276 bits per heavy atom. The predicted octanol–water partition coefficient (Wildman–Crippen LogP) is 15.2. The van der Waals surface area contributed by atoms with Crippen molar-refractivity contribution in [2.24, 2.45) is 0 Å². The number of aromatic nitrogens is 2. The maximum Gasteiger partial charge on any atom is 0.0708 e. The van der Waals surface area contributed by atoms with Crippen LogP contribution in [0, 0.1) is 0 Å². The van der Waals surface area contributed by atoms with Crippen molar-refractivity contribution >= 4 is 75.7 Å². The fraction of sp³-hybridized carbons (Fsp3) is 0. The lowest BCUT2D eigenvalue weighted by Crippen LogP contribution is -1.93. The molecule has 0 bridgehead atoms. The van der Waals surface area contributed by atoms with Crippen molar-refractivity contribution in [2.45, 2.75) is 0 Å². The molecule has 0 saturated carbocycles. The third-order valence-electron chi connectivity index (χ3n) is 13.2. The molecule has 0 N–H and O–H groups in total. The number of fused-ring (bicyclic) bond motifs is 13. The number of benzene rings is 10. The summed E-state index contributed by atoms with van der Waals surface area (Å²) in [6.45, 7) is 0. The predicted molar refractivity (Wildman–Crippen MR) is 244 cm³/mol. The molecule has 58 heavy (non-hydrogen) atoms. The molecule has 2 heterocycles. The highest BCUT2D eigenvalue weighted by Gasteiger charge is 2.30. The maximum absolute atomic E-state index is 5.01. The zero-order valence-corrected chi connectivity index (χ0v) is 31.2. The van der Waals surface area contributed by atoms with Gasteiger partial charge >= 0.3 is 0 Å². The third kappa shape index (κ3) is 3.86. The first kappa shape index (κ1) is 30.5. The van der Waals surface area contributed by atoms with E-state index in [1.54, 1.807) is 0 Å². The SMILES string of the molecule is c1ccc2ncc(-c3c4c(cc5c3ccc3c6cc7c(c(-c8cccc9ncccc89)c6ccc53)-c3cccc5cccc-7c35)-c3cccc5cccc-4c35)cc2c1. The topological polar surface area (TPSA) is 25.8 Å². The Bertz CT molecular complexity index is 3840. The van der Waals surface area contributed by atoms with Crippen LogP contribution in [0.25, 0.3) is 142 Å². The van der Waals surface area contributed by atoms with Crippen molar-refractivity contribution in [3.05, 3.63) is 182 Å². The van der Waals surface area contributed by atoms with E-state index in [9.17, 15) is 0 Å². The van der Waals surface area contributed by atoms with Gasteiger partial charge in [0.15, 0.2) is 0 Å². The van der Waals surface area contributed by atoms with Gasteiger partial charge in [-0.05, 0) is 151 Å². The Kier molecular flexibility index (Phi) is 5.79. The quantitative estimate of drug-likeness (QED) is 0.166. The molecule has 2 aromatic heterocycles. The standard InChI is InChI=1S/C56H30N2/c1-2-20-49-33(9-1)27-34(30-58-49)53-41-24-22-36-35(45(41)28-47-39-14-3-10-31-12-5-17-43(51(31)39)55(47)53)23-25-42-46(36)29-48-40-15-4-11-32-13-6-18-44(52(32)40)56(48)54(42)38-16-7-21-50-37(38)19-8-26-57-50/h1-30H. The van der Waals surface area contributed by atoms with Gasteiger partial charge < -0.3 is 0 Å². The lowest BCUT2D eigenvalue weighted by molar-refractivity contribution is 1.41. The molecule has 2 aliphatic carbocycles. The highest BCUT2D eigenvalue weighted by Crippen LogP contribution is 2.57. The van der Waals surface area contributed by atoms with Gasteiger partial charge in [0, 0.05) is 28.7 Å². The van der Waals surface area contributed by atoms with Crippen LogP contribution in [0.15, 0.2) is 182 Å². The molecule has 0 amide bonds. The lowest BCUT2D eigenvalue weighted by Gasteiger charge is -2.20. The normalized spacial score (nSPS) is 12.5. The third-order valence-corrected chi connectivity index (χ3v) is 13.2. The Morgan fingerprint density at radius 3 is 1.50 bits per heavy atom. The fourth-order valence-corrected chi connectivity index (χ4v) is 10.8. The van der Waals surface area contributed by atoms with E-state index in [0.717, 1.165) is 22.0 Å². The molecular formula is C56H30N2. The van der Waals surface area contributed by atoms with Crippen LogP contribution in [0.3, 0.4) is 0 Å². The van der Waals surface area contributed by atoms with Crippen molar-refractivity contribution in [3.8, 4) is 66.8 Å². The molecule has 0 spiro atoms. The van der Waals surface area contributed by atoms with Gasteiger partial charge in [0.1, 0.15) is 0 Å². The van der Waals surface area contributed by atoms with Crippen LogP contribution in [-0.2, 0) is 0 Å². The highest BCUT2D eigenvalue weighted by molar-refractivity contribution is 6.31. The van der Waals surface area contributed by atoms with Gasteiger partial charge in [-0.15, -0.1) is 0 Å². The van der Waals surface area contributed by atoms with Gasteiger partial charge in [-0.25, -0.2) is 0 Å². The van der Waals surface area contributed by atoms with E-state index >= 15 is 0 Å². The summed E-state index contributed by atoms with van der Waals surface area (Å²) in [6, 6.07) is 63.2. The van der Waals surface area contributed by atoms with Crippen molar-refractivity contribution < 1.29 is 0 Å². The summed E-state index contributed by atoms with van der Waals surface area (Å²) in [7, 11) is 0. The van der Waals surface area contributed by atoms with Gasteiger partial charge in [-0.2, -0.15) is 0 Å². The molecule has 14 rings (SSSR count). The van der Waals surface area contributed by atoms with E-state index in [2.05, 4.69) is 176 Å². The Hall–Kier alpha value is -7.68. The summed E-state index contributed by atoms with van der Waals surface area (Å²) in [5.41, 5.74) is 17.3. The number of nitrogens with zero attached hydrogens (tertiary/aromatic N) is 2. The molecular weight excluding hydrogens is 701 g/mol. The van der Waals surface area contributed by atoms with Crippen LogP contribution in [0.2, 0.25) is 0 Å². The summed E-state index contributed by atoms with van der Waals surface area (Å²) in [4.78, 5) is 9.82. The molecule has 0 aliphatic heterocycles. The smallest absolute Gasteiger partial charge is 0.0708 e. The molecule has 12 aromatic rings. The minimum atomic E-state index is 1.01. The number of para-hydroxylation sites is 1. The van der Waals surface area contributed by atoms with Crippen molar-refractivity contribution in [1.82, 2.24) is 9.97 Å². The summed E-state index contributed by atoms with van der Waals surface area (Å²) in [6.07, 6.45) is 3.98. The largest absolute Gasteiger partial charge is 0.256 e. The van der Waals surface area contributed by atoms with Crippen molar-refractivity contribution in [3.63, 3.8) is 0 Å². The number of hydrogen-bond donors (Lipinski definition) is 0. The Morgan fingerprint density at radius 2 is 0.810 bits per heavy atom. The highest BCUT2D eigenvalue weighted by atomic mass is 14.7. The Labute approximate surface area is 333 Å². The first-order valence-corrected chi connectivity index (χ1v) is 20.1. The monoisotopic (exact) mass is 730 g/mol. The van der Waals surface area contributed by atoms with E-state index in [-0.39, 0.29) is 0 Å². The first-order valence-electron chi connectivity index (χ1n) is 20.1. The van der Waals surface area contributed by atoms with E-state index < -0.39 is 0 Å². The van der Waals surface area contributed by atoms with Crippen LogP contribution in [0.1, 0.15) is 0 Å². The zero-order valence-electron chi connectivity index (χ0n) is 31.2. The first-order chi connectivity index (χ1) is 28.8. The summed E-state index contributed by atoms with van der Waals surface area (Å²) in [5, 5.41) is 15.1. The van der Waals surface area contributed by atoms with E-state index in [0.29, 0.717) is 0 Å². The molecule has 2 heteroatoms. The minimum absolute atomic E-state index is 1.01. The number of rotatable bonds is 2. The van der Waals surface area contributed by atoms with Crippen molar-refractivity contribution in [2.75, 3.05) is 0 Å². The fourth-order valence-electron chi connectivity index (χ4n) is 10.8. The average molecular weight is 731 g/mol. The summed E-state index contributed by atoms with van der Waals surface area (Å²) in [5.74, 6) is 0. The van der Waals surface area contributed by atoms with Crippen LogP contribution in [-0.4, -0.2) is 9.97 Å². The molecule has 264 valence electrons. The van der Waals surface area contributed by atoms with Crippen LogP contribution >= 0.6 is 0 Å². The van der Waals surface area contributed by atoms with E-state index in [4.69, 9.17) is 9.97 Å². The molecule has 2 aliphatic rings. The molecule has 0 atom stereocenters. The second-order valence-electron chi connectivity index (χ2n) is 16.0. The molecule has 2 nitrogen and oxygen atoms in total. The summed E-state index contributed by atoms with van der Waals surface area (Å²) >= 11 is 0. The van der Waals surface area contributed by atoms with Crippen LogP contribution in [0.5, 0.6) is 0 Å². The van der Waals surface area contributed by atoms with E-state index in [1.165, 1.54) is 120 Å². The number of hydrogen-bond acceptors (Lipinski definition) is 2. The van der Waals surface area contributed by atoms with E-state index in [1.807, 2.05) is 6.20 Å². The summed E-state index contributed by atoms with van der Waals surface area (Å²) < 4.78 is 0.